The third kappa shape index (κ3) is 5.48. The number of fused-ring (bicyclic) bond motifs is 2. The van der Waals surface area contributed by atoms with Gasteiger partial charge in [0.1, 0.15) is 0 Å². The molecule has 0 bridgehead atoms. The van der Waals surface area contributed by atoms with Crippen LogP contribution in [0.5, 0.6) is 0 Å². The number of hydrogen-bond acceptors (Lipinski definition) is 5. The summed E-state index contributed by atoms with van der Waals surface area (Å²) in [5, 5.41) is 14.8. The molecule has 5 rings (SSSR count). The van der Waals surface area contributed by atoms with Crippen LogP contribution in [0.2, 0.25) is 0 Å². The van der Waals surface area contributed by atoms with Crippen molar-refractivity contribution in [3.05, 3.63) is 89.6 Å². The Labute approximate surface area is 213 Å². The molecule has 1 aromatic heterocycles. The second-order valence-corrected chi connectivity index (χ2v) is 9.05. The largest absolute Gasteiger partial charge is 0.481 e. The van der Waals surface area contributed by atoms with Crippen LogP contribution >= 0.6 is 0 Å². The van der Waals surface area contributed by atoms with E-state index in [0.717, 1.165) is 22.5 Å². The fraction of sp³-hybridized carbons (Fsp3) is 0.207. The number of unbranched alkanes of at least 4 members (excludes halogenated alkanes) is 1. The van der Waals surface area contributed by atoms with Gasteiger partial charge in [0.15, 0.2) is 0 Å². The van der Waals surface area contributed by atoms with Crippen molar-refractivity contribution in [3.63, 3.8) is 0 Å². The Bertz CT molecular complexity index is 1490. The van der Waals surface area contributed by atoms with Gasteiger partial charge in [-0.3, -0.25) is 14.4 Å². The third-order valence-corrected chi connectivity index (χ3v) is 6.41. The fourth-order valence-corrected chi connectivity index (χ4v) is 4.58. The number of carbonyl (C=O) groups excluding carboxylic acids is 2. The Morgan fingerprint density at radius 3 is 2.54 bits per heavy atom. The first-order chi connectivity index (χ1) is 18.0. The summed E-state index contributed by atoms with van der Waals surface area (Å²) in [5.41, 5.74) is 5.69. The number of benzene rings is 3. The predicted octanol–water partition coefficient (Wildman–Crippen LogP) is 4.91. The van der Waals surface area contributed by atoms with Crippen LogP contribution in [0.25, 0.3) is 22.3 Å². The van der Waals surface area contributed by atoms with E-state index in [9.17, 15) is 14.4 Å². The molecule has 2 heterocycles. The summed E-state index contributed by atoms with van der Waals surface area (Å²) in [5.74, 6) is -1.26. The number of carbonyl (C=O) groups is 3. The summed E-state index contributed by atoms with van der Waals surface area (Å²) in [6, 6.07) is 22.0. The smallest absolute Gasteiger partial charge is 0.303 e. The maximum absolute atomic E-state index is 13.2. The third-order valence-electron chi connectivity index (χ3n) is 6.41. The number of para-hydroxylation sites is 1. The normalized spacial score (nSPS) is 14.6. The number of rotatable bonds is 8. The SMILES string of the molecule is O=C(O)CCCCc1nc2cc(C(=O)NC3CC(=O)Nc4ccccc43)ccc2nc1-c1ccccc1. The minimum atomic E-state index is -0.818. The molecule has 3 aromatic carbocycles. The molecule has 0 fully saturated rings. The van der Waals surface area contributed by atoms with Crippen LogP contribution in [0, 0.1) is 0 Å². The molecule has 37 heavy (non-hydrogen) atoms. The van der Waals surface area contributed by atoms with Crippen LogP contribution < -0.4 is 10.6 Å². The van der Waals surface area contributed by atoms with Crippen LogP contribution in [0.15, 0.2) is 72.8 Å². The Balaban J connectivity index is 1.43. The van der Waals surface area contributed by atoms with Crippen molar-refractivity contribution in [1.82, 2.24) is 15.3 Å². The number of aliphatic carboxylic acids is 1. The van der Waals surface area contributed by atoms with Gasteiger partial charge < -0.3 is 15.7 Å². The summed E-state index contributed by atoms with van der Waals surface area (Å²) in [6.45, 7) is 0. The highest BCUT2D eigenvalue weighted by Crippen LogP contribution is 2.30. The molecule has 8 nitrogen and oxygen atoms in total. The van der Waals surface area contributed by atoms with Crippen molar-refractivity contribution in [2.75, 3.05) is 5.32 Å². The first-order valence-corrected chi connectivity index (χ1v) is 12.3. The van der Waals surface area contributed by atoms with Crippen LogP contribution in [0.1, 0.15) is 53.3 Å². The van der Waals surface area contributed by atoms with E-state index in [-0.39, 0.29) is 24.7 Å². The van der Waals surface area contributed by atoms with Gasteiger partial charge in [0.2, 0.25) is 5.91 Å². The molecule has 3 N–H and O–H groups in total. The van der Waals surface area contributed by atoms with Crippen molar-refractivity contribution in [2.45, 2.75) is 38.1 Å². The molecule has 0 saturated heterocycles. The van der Waals surface area contributed by atoms with Gasteiger partial charge in [0.25, 0.3) is 5.91 Å². The first-order valence-electron chi connectivity index (χ1n) is 12.3. The maximum Gasteiger partial charge on any atom is 0.303 e. The molecule has 186 valence electrons. The molecule has 0 saturated carbocycles. The number of carboxylic acid groups (broad SMARTS) is 1. The van der Waals surface area contributed by atoms with Crippen LogP contribution in [-0.4, -0.2) is 32.9 Å². The Kier molecular flexibility index (Phi) is 6.89. The molecular weight excluding hydrogens is 468 g/mol. The molecule has 1 atom stereocenters. The Hall–Kier alpha value is -4.59. The van der Waals surface area contributed by atoms with Gasteiger partial charge in [0.05, 0.1) is 34.9 Å². The summed E-state index contributed by atoms with van der Waals surface area (Å²) >= 11 is 0. The maximum atomic E-state index is 13.2. The van der Waals surface area contributed by atoms with Gasteiger partial charge in [-0.1, -0.05) is 48.5 Å². The number of nitrogens with one attached hydrogen (secondary N) is 2. The van der Waals surface area contributed by atoms with E-state index in [0.29, 0.717) is 41.5 Å². The van der Waals surface area contributed by atoms with Gasteiger partial charge in [-0.25, -0.2) is 9.97 Å². The van der Waals surface area contributed by atoms with Crippen LogP contribution in [-0.2, 0) is 16.0 Å². The molecule has 1 aliphatic heterocycles. The topological polar surface area (TPSA) is 121 Å². The van der Waals surface area contributed by atoms with Crippen LogP contribution in [0.4, 0.5) is 5.69 Å². The van der Waals surface area contributed by atoms with E-state index < -0.39 is 12.0 Å². The molecule has 2 amide bonds. The first kappa shape index (κ1) is 24.1. The molecule has 8 heteroatoms. The highest BCUT2D eigenvalue weighted by Gasteiger charge is 2.26. The van der Waals surface area contributed by atoms with Crippen molar-refractivity contribution in [2.24, 2.45) is 0 Å². The number of nitrogens with zero attached hydrogens (tertiary/aromatic N) is 2. The highest BCUT2D eigenvalue weighted by molar-refractivity contribution is 5.99. The monoisotopic (exact) mass is 494 g/mol. The van der Waals surface area contributed by atoms with Crippen molar-refractivity contribution in [3.8, 4) is 11.3 Å². The minimum Gasteiger partial charge on any atom is -0.481 e. The molecule has 1 aliphatic rings. The van der Waals surface area contributed by atoms with Crippen molar-refractivity contribution in [1.29, 1.82) is 0 Å². The average Bonchev–Trinajstić information content (AvgIpc) is 2.90. The van der Waals surface area contributed by atoms with E-state index in [1.54, 1.807) is 18.2 Å². The zero-order valence-corrected chi connectivity index (χ0v) is 20.1. The summed E-state index contributed by atoms with van der Waals surface area (Å²) < 4.78 is 0. The number of carboxylic acids is 1. The number of aryl methyl sites for hydroxylation is 1. The fourth-order valence-electron chi connectivity index (χ4n) is 4.58. The molecule has 1 unspecified atom stereocenters. The van der Waals surface area contributed by atoms with E-state index in [4.69, 9.17) is 15.1 Å². The summed E-state index contributed by atoms with van der Waals surface area (Å²) in [4.78, 5) is 45.9. The van der Waals surface area contributed by atoms with Gasteiger partial charge >= 0.3 is 5.97 Å². The van der Waals surface area contributed by atoms with Gasteiger partial charge in [-0.05, 0) is 49.1 Å². The van der Waals surface area contributed by atoms with E-state index in [1.807, 2.05) is 54.6 Å². The number of amides is 2. The molecule has 0 radical (unpaired) electrons. The van der Waals surface area contributed by atoms with Crippen molar-refractivity contribution >= 4 is 34.5 Å². The number of aromatic nitrogens is 2. The second kappa shape index (κ2) is 10.6. The summed E-state index contributed by atoms with van der Waals surface area (Å²) in [7, 11) is 0. The van der Waals surface area contributed by atoms with E-state index in [1.165, 1.54) is 0 Å². The standard InChI is InChI=1S/C29H26N4O4/c34-26-17-24(20-10-4-5-11-21(20)31-26)33-29(37)19-14-15-22-25(16-19)30-23(12-6-7-13-27(35)36)28(32-22)18-8-2-1-3-9-18/h1-5,8-11,14-16,24H,6-7,12-13,17H2,(H,31,34)(H,33,37)(H,35,36). The summed E-state index contributed by atoms with van der Waals surface area (Å²) in [6.07, 6.45) is 2.05. The lowest BCUT2D eigenvalue weighted by molar-refractivity contribution is -0.137. The minimum absolute atomic E-state index is 0.105. The van der Waals surface area contributed by atoms with Crippen LogP contribution in [0.3, 0.4) is 0 Å². The number of hydrogen-bond donors (Lipinski definition) is 3. The zero-order chi connectivity index (χ0) is 25.8. The lowest BCUT2D eigenvalue weighted by atomic mass is 9.97. The predicted molar refractivity (Wildman–Crippen MR) is 140 cm³/mol. The molecule has 0 aliphatic carbocycles. The number of anilines is 1. The van der Waals surface area contributed by atoms with E-state index >= 15 is 0 Å². The Morgan fingerprint density at radius 2 is 1.73 bits per heavy atom. The van der Waals surface area contributed by atoms with Gasteiger partial charge in [0, 0.05) is 23.2 Å². The van der Waals surface area contributed by atoms with Crippen molar-refractivity contribution < 1.29 is 19.5 Å². The lowest BCUT2D eigenvalue weighted by Gasteiger charge is -2.26. The average molecular weight is 495 g/mol. The second-order valence-electron chi connectivity index (χ2n) is 9.05. The zero-order valence-electron chi connectivity index (χ0n) is 20.1. The lowest BCUT2D eigenvalue weighted by Crippen LogP contribution is -2.35. The molecular formula is C29H26N4O4. The quantitative estimate of drug-likeness (QED) is 0.299. The van der Waals surface area contributed by atoms with Gasteiger partial charge in [-0.2, -0.15) is 0 Å². The van der Waals surface area contributed by atoms with Gasteiger partial charge in [-0.15, -0.1) is 0 Å². The Morgan fingerprint density at radius 1 is 0.946 bits per heavy atom. The molecule has 0 spiro atoms. The molecule has 4 aromatic rings. The highest BCUT2D eigenvalue weighted by atomic mass is 16.4. The van der Waals surface area contributed by atoms with E-state index in [2.05, 4.69) is 10.6 Å².